The third-order valence-corrected chi connectivity index (χ3v) is 2.89. The first-order valence-corrected chi connectivity index (χ1v) is 5.45. The molecule has 2 aromatic heterocycles. The molecule has 2 rings (SSSR count). The third kappa shape index (κ3) is 2.00. The van der Waals surface area contributed by atoms with Crippen LogP contribution >= 0.6 is 11.3 Å². The monoisotopic (exact) mass is 221 g/mol. The fraction of sp³-hybridized carbons (Fsp3) is 0.182. The molecule has 0 aliphatic carbocycles. The second-order valence-electron chi connectivity index (χ2n) is 3.08. The van der Waals surface area contributed by atoms with Gasteiger partial charge in [-0.1, -0.05) is 0 Å². The number of aromatic nitrogens is 1. The topological polar surface area (TPSA) is 42.4 Å². The molecule has 0 radical (unpaired) electrons. The van der Waals surface area contributed by atoms with Crippen molar-refractivity contribution in [1.29, 1.82) is 0 Å². The van der Waals surface area contributed by atoms with Crippen LogP contribution in [0, 0.1) is 0 Å². The summed E-state index contributed by atoms with van der Waals surface area (Å²) in [4.78, 5) is 3.95. The Morgan fingerprint density at radius 1 is 1.47 bits per heavy atom. The molecular formula is C11H11NO2S. The van der Waals surface area contributed by atoms with Crippen LogP contribution in [0.3, 0.4) is 0 Å². The summed E-state index contributed by atoms with van der Waals surface area (Å²) in [6.45, 7) is 0. The highest BCUT2D eigenvalue weighted by Crippen LogP contribution is 2.29. The number of aliphatic hydroxyl groups excluding tert-OH is 1. The summed E-state index contributed by atoms with van der Waals surface area (Å²) >= 11 is 1.56. The van der Waals surface area contributed by atoms with E-state index >= 15 is 0 Å². The van der Waals surface area contributed by atoms with Crippen LogP contribution in [0.5, 0.6) is 5.75 Å². The van der Waals surface area contributed by atoms with Gasteiger partial charge in [0, 0.05) is 11.8 Å². The van der Waals surface area contributed by atoms with E-state index < -0.39 is 6.10 Å². The van der Waals surface area contributed by atoms with Gasteiger partial charge in [0.2, 0.25) is 0 Å². The number of methoxy groups -OCH3 is 1. The van der Waals surface area contributed by atoms with Crippen molar-refractivity contribution in [2.24, 2.45) is 0 Å². The molecule has 1 atom stereocenters. The molecular weight excluding hydrogens is 210 g/mol. The van der Waals surface area contributed by atoms with Gasteiger partial charge in [0.1, 0.15) is 11.9 Å². The number of nitrogens with zero attached hydrogens (tertiary/aromatic N) is 1. The predicted molar refractivity (Wildman–Crippen MR) is 59.2 cm³/mol. The summed E-state index contributed by atoms with van der Waals surface area (Å²) < 4.78 is 5.15. The van der Waals surface area contributed by atoms with Gasteiger partial charge in [0.15, 0.2) is 0 Å². The van der Waals surface area contributed by atoms with Crippen molar-refractivity contribution in [2.75, 3.05) is 7.11 Å². The Labute approximate surface area is 92.0 Å². The second kappa shape index (κ2) is 4.42. The Kier molecular flexibility index (Phi) is 2.99. The van der Waals surface area contributed by atoms with Crippen LogP contribution in [0.2, 0.25) is 0 Å². The summed E-state index contributed by atoms with van der Waals surface area (Å²) in [5.74, 6) is 0.608. The lowest BCUT2D eigenvalue weighted by Gasteiger charge is -2.12. The van der Waals surface area contributed by atoms with Gasteiger partial charge in [-0.15, -0.1) is 0 Å². The van der Waals surface area contributed by atoms with Crippen LogP contribution < -0.4 is 4.74 Å². The first-order chi connectivity index (χ1) is 7.33. The van der Waals surface area contributed by atoms with E-state index in [2.05, 4.69) is 4.98 Å². The van der Waals surface area contributed by atoms with E-state index in [-0.39, 0.29) is 0 Å². The van der Waals surface area contributed by atoms with Crippen molar-refractivity contribution in [2.45, 2.75) is 6.10 Å². The highest BCUT2D eigenvalue weighted by atomic mass is 32.1. The summed E-state index contributed by atoms with van der Waals surface area (Å²) in [6.07, 6.45) is 2.60. The SMILES string of the molecule is COc1cnccc1C(O)c1ccsc1. The molecule has 1 unspecified atom stereocenters. The van der Waals surface area contributed by atoms with Crippen LogP contribution in [0.4, 0.5) is 0 Å². The van der Waals surface area contributed by atoms with Crippen molar-refractivity contribution in [3.8, 4) is 5.75 Å². The maximum Gasteiger partial charge on any atom is 0.143 e. The van der Waals surface area contributed by atoms with Gasteiger partial charge in [-0.2, -0.15) is 11.3 Å². The molecule has 0 aliphatic heterocycles. The van der Waals surface area contributed by atoms with E-state index in [0.29, 0.717) is 5.75 Å². The summed E-state index contributed by atoms with van der Waals surface area (Å²) in [6, 6.07) is 3.66. The number of pyridine rings is 1. The number of thiophene rings is 1. The quantitative estimate of drug-likeness (QED) is 0.864. The molecule has 15 heavy (non-hydrogen) atoms. The van der Waals surface area contributed by atoms with Gasteiger partial charge in [0.05, 0.1) is 13.3 Å². The number of rotatable bonds is 3. The molecule has 78 valence electrons. The Hall–Kier alpha value is -1.39. The van der Waals surface area contributed by atoms with E-state index in [1.54, 1.807) is 36.9 Å². The highest BCUT2D eigenvalue weighted by molar-refractivity contribution is 7.07. The van der Waals surface area contributed by atoms with E-state index in [1.165, 1.54) is 0 Å². The highest BCUT2D eigenvalue weighted by Gasteiger charge is 2.15. The Morgan fingerprint density at radius 2 is 2.33 bits per heavy atom. The Morgan fingerprint density at radius 3 is 3.00 bits per heavy atom. The molecule has 0 saturated carbocycles. The first-order valence-electron chi connectivity index (χ1n) is 4.51. The molecule has 4 heteroatoms. The predicted octanol–water partition coefficient (Wildman–Crippen LogP) is 2.23. The van der Waals surface area contributed by atoms with Crippen LogP contribution in [0.1, 0.15) is 17.2 Å². The third-order valence-electron chi connectivity index (χ3n) is 2.19. The minimum absolute atomic E-state index is 0.608. The van der Waals surface area contributed by atoms with Gasteiger partial charge >= 0.3 is 0 Å². The fourth-order valence-electron chi connectivity index (χ4n) is 1.40. The zero-order valence-corrected chi connectivity index (χ0v) is 9.07. The van der Waals surface area contributed by atoms with E-state index in [1.807, 2.05) is 16.8 Å². The first kappa shape index (κ1) is 10.1. The van der Waals surface area contributed by atoms with Crippen molar-refractivity contribution < 1.29 is 9.84 Å². The maximum atomic E-state index is 10.1. The van der Waals surface area contributed by atoms with E-state index in [0.717, 1.165) is 11.1 Å². The fourth-order valence-corrected chi connectivity index (χ4v) is 2.08. The van der Waals surface area contributed by atoms with Gasteiger partial charge in [-0.25, -0.2) is 0 Å². The number of hydrogen-bond acceptors (Lipinski definition) is 4. The normalized spacial score (nSPS) is 12.4. The summed E-state index contributed by atoms with van der Waals surface area (Å²) in [5.41, 5.74) is 1.62. The van der Waals surface area contributed by atoms with Crippen LogP contribution in [-0.2, 0) is 0 Å². The molecule has 3 nitrogen and oxygen atoms in total. The van der Waals surface area contributed by atoms with Gasteiger partial charge in [-0.3, -0.25) is 4.98 Å². The van der Waals surface area contributed by atoms with Crippen molar-refractivity contribution in [3.05, 3.63) is 46.4 Å². The Balaban J connectivity index is 2.37. The molecule has 0 aromatic carbocycles. The van der Waals surface area contributed by atoms with Gasteiger partial charge in [-0.05, 0) is 28.5 Å². The molecule has 2 aromatic rings. The average Bonchev–Trinajstić information content (AvgIpc) is 2.81. The van der Waals surface area contributed by atoms with Crippen LogP contribution in [0.25, 0.3) is 0 Å². The van der Waals surface area contributed by atoms with Crippen LogP contribution in [-0.4, -0.2) is 17.2 Å². The van der Waals surface area contributed by atoms with E-state index in [4.69, 9.17) is 4.74 Å². The lowest BCUT2D eigenvalue weighted by molar-refractivity contribution is 0.215. The molecule has 1 N–H and O–H groups in total. The molecule has 0 fully saturated rings. The average molecular weight is 221 g/mol. The second-order valence-corrected chi connectivity index (χ2v) is 3.86. The largest absolute Gasteiger partial charge is 0.495 e. The summed E-state index contributed by atoms with van der Waals surface area (Å²) in [5, 5.41) is 13.9. The summed E-state index contributed by atoms with van der Waals surface area (Å²) in [7, 11) is 1.57. The maximum absolute atomic E-state index is 10.1. The lowest BCUT2D eigenvalue weighted by Crippen LogP contribution is -2.01. The van der Waals surface area contributed by atoms with Crippen molar-refractivity contribution in [1.82, 2.24) is 4.98 Å². The lowest BCUT2D eigenvalue weighted by atomic mass is 10.1. The number of hydrogen-bond donors (Lipinski definition) is 1. The molecule has 2 heterocycles. The van der Waals surface area contributed by atoms with Gasteiger partial charge < -0.3 is 9.84 Å². The molecule has 0 saturated heterocycles. The van der Waals surface area contributed by atoms with E-state index in [9.17, 15) is 5.11 Å². The standard InChI is InChI=1S/C11H11NO2S/c1-14-10-6-12-4-2-9(10)11(13)8-3-5-15-7-8/h2-7,11,13H,1H3. The van der Waals surface area contributed by atoms with Crippen molar-refractivity contribution >= 4 is 11.3 Å². The zero-order valence-electron chi connectivity index (χ0n) is 8.25. The zero-order chi connectivity index (χ0) is 10.7. The minimum Gasteiger partial charge on any atom is -0.495 e. The molecule has 0 amide bonds. The Bertz CT molecular complexity index is 428. The smallest absolute Gasteiger partial charge is 0.143 e. The van der Waals surface area contributed by atoms with Crippen LogP contribution in [0.15, 0.2) is 35.3 Å². The molecule has 0 aliphatic rings. The molecule has 0 bridgehead atoms. The number of aliphatic hydroxyl groups is 1. The van der Waals surface area contributed by atoms with Crippen molar-refractivity contribution in [3.63, 3.8) is 0 Å². The molecule has 0 spiro atoms. The van der Waals surface area contributed by atoms with Gasteiger partial charge in [0.25, 0.3) is 0 Å². The minimum atomic E-state index is -0.644. The number of ether oxygens (including phenoxy) is 1.